The zero-order valence-corrected chi connectivity index (χ0v) is 7.56. The van der Waals surface area contributed by atoms with Gasteiger partial charge in [0.15, 0.2) is 0 Å². The van der Waals surface area contributed by atoms with Crippen molar-refractivity contribution >= 4 is 12.3 Å². The molecule has 0 radical (unpaired) electrons. The van der Waals surface area contributed by atoms with Gasteiger partial charge in [-0.15, -0.1) is 6.58 Å². The molecule has 0 aliphatic rings. The van der Waals surface area contributed by atoms with Crippen LogP contribution in [0.25, 0.3) is 6.08 Å². The zero-order chi connectivity index (χ0) is 9.36. The molecule has 0 N–H and O–H groups in total. The summed E-state index contributed by atoms with van der Waals surface area (Å²) in [4.78, 5) is 4.08. The van der Waals surface area contributed by atoms with Crippen LogP contribution in [0, 0.1) is 0 Å². The molecule has 1 nitrogen and oxygen atoms in total. The molecule has 0 bridgehead atoms. The molecule has 0 fully saturated rings. The summed E-state index contributed by atoms with van der Waals surface area (Å²) in [6.45, 7) is 4.26. The van der Waals surface area contributed by atoms with Crippen molar-refractivity contribution < 1.29 is 0 Å². The Morgan fingerprint density at radius 3 is 2.69 bits per heavy atom. The molecule has 1 aromatic carbocycles. The van der Waals surface area contributed by atoms with E-state index in [2.05, 4.69) is 23.7 Å². The number of hydrogen-bond acceptors (Lipinski definition) is 1. The summed E-state index contributed by atoms with van der Waals surface area (Å²) < 4.78 is 0. The number of allylic oxidation sites excluding steroid dienone is 1. The van der Waals surface area contributed by atoms with Crippen LogP contribution in [0.2, 0.25) is 0 Å². The molecule has 0 unspecified atom stereocenters. The van der Waals surface area contributed by atoms with Crippen LogP contribution in [0.5, 0.6) is 0 Å². The van der Waals surface area contributed by atoms with Gasteiger partial charge in [0.1, 0.15) is 0 Å². The Balaban J connectivity index is 2.45. The fraction of sp³-hybridized carbons (Fsp3) is 0.0833. The highest BCUT2D eigenvalue weighted by Gasteiger charge is 1.79. The van der Waals surface area contributed by atoms with E-state index in [1.165, 1.54) is 5.56 Å². The fourth-order valence-electron chi connectivity index (χ4n) is 0.915. The number of benzene rings is 1. The van der Waals surface area contributed by atoms with Gasteiger partial charge in [-0.05, 0) is 11.6 Å². The van der Waals surface area contributed by atoms with Crippen LogP contribution in [0.3, 0.4) is 0 Å². The molecule has 0 aromatic heterocycles. The molecule has 1 heteroatoms. The van der Waals surface area contributed by atoms with E-state index < -0.39 is 0 Å². The Kier molecular flexibility index (Phi) is 4.33. The Bertz CT molecular complexity index is 296. The molecule has 13 heavy (non-hydrogen) atoms. The van der Waals surface area contributed by atoms with Crippen molar-refractivity contribution in [3.63, 3.8) is 0 Å². The first-order valence-corrected chi connectivity index (χ1v) is 4.26. The number of rotatable bonds is 4. The molecule has 1 rings (SSSR count). The molecule has 1 aromatic rings. The summed E-state index contributed by atoms with van der Waals surface area (Å²) in [5.41, 5.74) is 1.19. The normalized spacial score (nSPS) is 11.1. The highest BCUT2D eigenvalue weighted by atomic mass is 14.7. The van der Waals surface area contributed by atoms with E-state index in [0.717, 1.165) is 0 Å². The van der Waals surface area contributed by atoms with E-state index in [1.807, 2.05) is 30.4 Å². The Morgan fingerprint density at radius 2 is 2.00 bits per heavy atom. The van der Waals surface area contributed by atoms with Crippen molar-refractivity contribution in [1.29, 1.82) is 0 Å². The second kappa shape index (κ2) is 5.95. The zero-order valence-electron chi connectivity index (χ0n) is 7.56. The maximum atomic E-state index is 4.08. The van der Waals surface area contributed by atoms with Gasteiger partial charge in [0.05, 0.1) is 6.54 Å². The van der Waals surface area contributed by atoms with E-state index >= 15 is 0 Å². The standard InChI is InChI=1S/C12H13N/c1-2-10-13-11-6-9-12-7-4-3-5-8-12/h2-9,11H,1,10H2/b9-6-,13-11?. The lowest BCUT2D eigenvalue weighted by Gasteiger charge is -1.88. The number of hydrogen-bond donors (Lipinski definition) is 0. The van der Waals surface area contributed by atoms with Crippen molar-refractivity contribution in [2.75, 3.05) is 6.54 Å². The van der Waals surface area contributed by atoms with Gasteiger partial charge in [-0.2, -0.15) is 0 Å². The quantitative estimate of drug-likeness (QED) is 0.488. The highest BCUT2D eigenvalue weighted by molar-refractivity contribution is 5.78. The van der Waals surface area contributed by atoms with Gasteiger partial charge < -0.3 is 0 Å². The minimum absolute atomic E-state index is 0.680. The van der Waals surface area contributed by atoms with Crippen molar-refractivity contribution in [3.05, 3.63) is 54.6 Å². The van der Waals surface area contributed by atoms with Gasteiger partial charge in [0.25, 0.3) is 0 Å². The van der Waals surface area contributed by atoms with Crippen LogP contribution in [0.15, 0.2) is 54.1 Å². The van der Waals surface area contributed by atoms with E-state index in [1.54, 1.807) is 12.3 Å². The summed E-state index contributed by atoms with van der Waals surface area (Å²) in [5.74, 6) is 0. The van der Waals surface area contributed by atoms with E-state index in [-0.39, 0.29) is 0 Å². The van der Waals surface area contributed by atoms with Crippen LogP contribution in [0.4, 0.5) is 0 Å². The first-order chi connectivity index (χ1) is 6.43. The summed E-state index contributed by atoms with van der Waals surface area (Å²) in [7, 11) is 0. The third-order valence-corrected chi connectivity index (χ3v) is 1.51. The van der Waals surface area contributed by atoms with Gasteiger partial charge in [0, 0.05) is 6.21 Å². The molecule has 66 valence electrons. The summed E-state index contributed by atoms with van der Waals surface area (Å²) >= 11 is 0. The molecule has 0 aliphatic carbocycles. The first-order valence-electron chi connectivity index (χ1n) is 4.26. The van der Waals surface area contributed by atoms with E-state index in [0.29, 0.717) is 6.54 Å². The molecule has 0 amide bonds. The average Bonchev–Trinajstić information content (AvgIpc) is 2.19. The van der Waals surface area contributed by atoms with Gasteiger partial charge in [-0.25, -0.2) is 0 Å². The molecular weight excluding hydrogens is 158 g/mol. The van der Waals surface area contributed by atoms with E-state index in [9.17, 15) is 0 Å². The molecule has 0 atom stereocenters. The lowest BCUT2D eigenvalue weighted by atomic mass is 10.2. The summed E-state index contributed by atoms with van der Waals surface area (Å²) in [5, 5.41) is 0. The van der Waals surface area contributed by atoms with Crippen LogP contribution in [-0.4, -0.2) is 12.8 Å². The molecule has 0 spiro atoms. The molecule has 0 heterocycles. The second-order valence-corrected chi connectivity index (χ2v) is 2.57. The van der Waals surface area contributed by atoms with E-state index in [4.69, 9.17) is 0 Å². The highest BCUT2D eigenvalue weighted by Crippen LogP contribution is 1.99. The van der Waals surface area contributed by atoms with Gasteiger partial charge >= 0.3 is 0 Å². The SMILES string of the molecule is C=CCN=C/C=C\c1ccccc1. The minimum atomic E-state index is 0.680. The Morgan fingerprint density at radius 1 is 1.23 bits per heavy atom. The average molecular weight is 171 g/mol. The third kappa shape index (κ3) is 4.06. The van der Waals surface area contributed by atoms with Gasteiger partial charge in [-0.3, -0.25) is 4.99 Å². The van der Waals surface area contributed by atoms with Crippen LogP contribution < -0.4 is 0 Å². The van der Waals surface area contributed by atoms with Crippen LogP contribution in [0.1, 0.15) is 5.56 Å². The van der Waals surface area contributed by atoms with Crippen LogP contribution in [-0.2, 0) is 0 Å². The van der Waals surface area contributed by atoms with Gasteiger partial charge in [0.2, 0.25) is 0 Å². The van der Waals surface area contributed by atoms with Crippen molar-refractivity contribution in [2.45, 2.75) is 0 Å². The molecular formula is C12H13N. The monoisotopic (exact) mass is 171 g/mol. The third-order valence-electron chi connectivity index (χ3n) is 1.51. The minimum Gasteiger partial charge on any atom is -0.289 e. The predicted octanol–water partition coefficient (Wildman–Crippen LogP) is 2.96. The lowest BCUT2D eigenvalue weighted by molar-refractivity contribution is 1.27. The molecule has 0 saturated heterocycles. The largest absolute Gasteiger partial charge is 0.289 e. The molecule has 0 saturated carbocycles. The summed E-state index contributed by atoms with van der Waals surface area (Å²) in [6.07, 6.45) is 7.51. The topological polar surface area (TPSA) is 12.4 Å². The lowest BCUT2D eigenvalue weighted by Crippen LogP contribution is -1.72. The molecule has 0 aliphatic heterocycles. The smallest absolute Gasteiger partial charge is 0.0567 e. The number of aliphatic imine (C=N–C) groups is 1. The van der Waals surface area contributed by atoms with Crippen molar-refractivity contribution in [3.8, 4) is 0 Å². The fourth-order valence-corrected chi connectivity index (χ4v) is 0.915. The van der Waals surface area contributed by atoms with Crippen molar-refractivity contribution in [2.24, 2.45) is 4.99 Å². The van der Waals surface area contributed by atoms with Gasteiger partial charge in [-0.1, -0.05) is 42.5 Å². The predicted molar refractivity (Wildman–Crippen MR) is 59.0 cm³/mol. The Labute approximate surface area is 79.1 Å². The number of nitrogens with zero attached hydrogens (tertiary/aromatic N) is 1. The maximum absolute atomic E-state index is 4.08. The Hall–Kier alpha value is -1.63. The van der Waals surface area contributed by atoms with Crippen molar-refractivity contribution in [1.82, 2.24) is 0 Å². The van der Waals surface area contributed by atoms with Crippen LogP contribution >= 0.6 is 0 Å². The summed E-state index contributed by atoms with van der Waals surface area (Å²) in [6, 6.07) is 10.1. The maximum Gasteiger partial charge on any atom is 0.0567 e. The first kappa shape index (κ1) is 9.46. The second-order valence-electron chi connectivity index (χ2n) is 2.57.